The number of oxime groups is 1. The Labute approximate surface area is 36.5 Å². The molecule has 0 rings (SSSR count). The average molecular weight is 88.1 g/mol. The van der Waals surface area contributed by atoms with Crippen LogP contribution in [0.1, 0.15) is 6.92 Å². The predicted molar refractivity (Wildman–Crippen MR) is 23.9 cm³/mol. The van der Waals surface area contributed by atoms with E-state index in [1.807, 2.05) is 0 Å². The van der Waals surface area contributed by atoms with Crippen LogP contribution in [0.15, 0.2) is 5.16 Å². The Hall–Kier alpha value is -0.570. The molecule has 3 nitrogen and oxygen atoms in total. The molecule has 3 N–H and O–H groups in total. The van der Waals surface area contributed by atoms with Gasteiger partial charge in [0.15, 0.2) is 0 Å². The van der Waals surface area contributed by atoms with Crippen molar-refractivity contribution in [2.75, 3.05) is 0 Å². The third kappa shape index (κ3) is 3.43. The Kier molecular flexibility index (Phi) is 2.40. The topological polar surface area (TPSA) is 58.6 Å². The number of nitrogens with two attached hydrogens (primary N) is 1. The minimum absolute atomic E-state index is 0.144. The number of hydrogen-bond donors (Lipinski definition) is 2. The Balaban J connectivity index is 3.03. The van der Waals surface area contributed by atoms with Gasteiger partial charge in [-0.3, -0.25) is 0 Å². The summed E-state index contributed by atoms with van der Waals surface area (Å²) in [6, 6.07) is -0.144. The normalized spacial score (nSPS) is 15.7. The summed E-state index contributed by atoms with van der Waals surface area (Å²) in [5.41, 5.74) is 5.09. The Morgan fingerprint density at radius 3 is 2.50 bits per heavy atom. The monoisotopic (exact) mass is 88.1 g/mol. The summed E-state index contributed by atoms with van der Waals surface area (Å²) in [6.45, 7) is 1.72. The van der Waals surface area contributed by atoms with Gasteiger partial charge in [-0.15, -0.1) is 5.16 Å². The van der Waals surface area contributed by atoms with E-state index in [9.17, 15) is 0 Å². The second-order valence-corrected chi connectivity index (χ2v) is 1.12. The average Bonchev–Trinajstić information content (AvgIpc) is 1.35. The fourth-order valence-corrected chi connectivity index (χ4v) is 0.105. The Bertz CT molecular complexity index is 50.8. The van der Waals surface area contributed by atoms with Crippen molar-refractivity contribution >= 4 is 6.21 Å². The van der Waals surface area contributed by atoms with Gasteiger partial charge in [0.05, 0.1) is 6.21 Å². The van der Waals surface area contributed by atoms with Crippen molar-refractivity contribution in [3.05, 3.63) is 0 Å². The standard InChI is InChI=1S/C3H8N2O/c1-3(4)2-5-6/h2-3,6H,4H2,1H3. The molecule has 0 aromatic heterocycles. The molecule has 0 amide bonds. The fourth-order valence-electron chi connectivity index (χ4n) is 0.105. The van der Waals surface area contributed by atoms with Gasteiger partial charge in [0.25, 0.3) is 0 Å². The van der Waals surface area contributed by atoms with Crippen LogP contribution >= 0.6 is 0 Å². The molecule has 1 unspecified atom stereocenters. The maximum atomic E-state index is 7.73. The summed E-state index contributed by atoms with van der Waals surface area (Å²) in [6.07, 6.45) is 1.25. The van der Waals surface area contributed by atoms with Crippen LogP contribution < -0.4 is 5.73 Å². The summed E-state index contributed by atoms with van der Waals surface area (Å²) < 4.78 is 0. The maximum absolute atomic E-state index is 7.73. The van der Waals surface area contributed by atoms with Crippen LogP contribution in [-0.4, -0.2) is 17.5 Å². The van der Waals surface area contributed by atoms with Crippen molar-refractivity contribution in [1.82, 2.24) is 0 Å². The first-order chi connectivity index (χ1) is 2.77. The lowest BCUT2D eigenvalue weighted by atomic mass is 10.4. The van der Waals surface area contributed by atoms with Gasteiger partial charge in [-0.2, -0.15) is 0 Å². The third-order valence-corrected chi connectivity index (χ3v) is 0.302. The molecule has 0 aliphatic heterocycles. The molecule has 0 aliphatic rings. The van der Waals surface area contributed by atoms with E-state index in [1.54, 1.807) is 6.92 Å². The van der Waals surface area contributed by atoms with Gasteiger partial charge in [0.1, 0.15) is 0 Å². The van der Waals surface area contributed by atoms with Crippen molar-refractivity contribution in [2.45, 2.75) is 13.0 Å². The molecule has 0 fully saturated rings. The van der Waals surface area contributed by atoms with Crippen LogP contribution in [0.2, 0.25) is 0 Å². The van der Waals surface area contributed by atoms with Crippen LogP contribution in [0.4, 0.5) is 0 Å². The molecule has 0 bridgehead atoms. The van der Waals surface area contributed by atoms with Gasteiger partial charge in [-0.25, -0.2) is 0 Å². The van der Waals surface area contributed by atoms with Crippen LogP contribution in [0.5, 0.6) is 0 Å². The Morgan fingerprint density at radius 1 is 2.00 bits per heavy atom. The van der Waals surface area contributed by atoms with Crippen LogP contribution in [-0.2, 0) is 0 Å². The SMILES string of the molecule is CC(N)C=NO. The van der Waals surface area contributed by atoms with E-state index in [-0.39, 0.29) is 6.04 Å². The number of rotatable bonds is 1. The van der Waals surface area contributed by atoms with E-state index in [4.69, 9.17) is 10.9 Å². The first kappa shape index (κ1) is 5.43. The second-order valence-electron chi connectivity index (χ2n) is 1.12. The van der Waals surface area contributed by atoms with Crippen molar-refractivity contribution in [1.29, 1.82) is 0 Å². The van der Waals surface area contributed by atoms with Gasteiger partial charge in [-0.1, -0.05) is 0 Å². The summed E-state index contributed by atoms with van der Waals surface area (Å²) in [7, 11) is 0. The van der Waals surface area contributed by atoms with Gasteiger partial charge in [-0.05, 0) is 6.92 Å². The van der Waals surface area contributed by atoms with E-state index < -0.39 is 0 Å². The van der Waals surface area contributed by atoms with Gasteiger partial charge >= 0.3 is 0 Å². The molecule has 0 aromatic rings. The summed E-state index contributed by atoms with van der Waals surface area (Å²) in [5.74, 6) is 0. The quantitative estimate of drug-likeness (QED) is 0.265. The Morgan fingerprint density at radius 2 is 2.50 bits per heavy atom. The smallest absolute Gasteiger partial charge is 0.0600 e. The molecule has 6 heavy (non-hydrogen) atoms. The second kappa shape index (κ2) is 2.66. The summed E-state index contributed by atoms with van der Waals surface area (Å²) in [5, 5.41) is 10.4. The van der Waals surface area contributed by atoms with Crippen molar-refractivity contribution < 1.29 is 5.21 Å². The molecule has 3 heteroatoms. The van der Waals surface area contributed by atoms with E-state index in [0.29, 0.717) is 0 Å². The first-order valence-electron chi connectivity index (χ1n) is 1.70. The zero-order chi connectivity index (χ0) is 4.99. The van der Waals surface area contributed by atoms with Crippen molar-refractivity contribution in [2.24, 2.45) is 10.9 Å². The van der Waals surface area contributed by atoms with Gasteiger partial charge in [0.2, 0.25) is 0 Å². The largest absolute Gasteiger partial charge is 0.411 e. The van der Waals surface area contributed by atoms with E-state index in [0.717, 1.165) is 0 Å². The lowest BCUT2D eigenvalue weighted by Gasteiger charge is -1.85. The van der Waals surface area contributed by atoms with E-state index in [1.165, 1.54) is 6.21 Å². The number of hydrogen-bond acceptors (Lipinski definition) is 3. The van der Waals surface area contributed by atoms with E-state index in [2.05, 4.69) is 5.16 Å². The maximum Gasteiger partial charge on any atom is 0.0600 e. The molecule has 0 aromatic carbocycles. The summed E-state index contributed by atoms with van der Waals surface area (Å²) in [4.78, 5) is 0. The lowest BCUT2D eigenvalue weighted by molar-refractivity contribution is 0.320. The highest BCUT2D eigenvalue weighted by molar-refractivity contribution is 5.62. The van der Waals surface area contributed by atoms with Crippen LogP contribution in [0.25, 0.3) is 0 Å². The zero-order valence-corrected chi connectivity index (χ0v) is 3.63. The molecule has 1 atom stereocenters. The summed E-state index contributed by atoms with van der Waals surface area (Å²) >= 11 is 0. The zero-order valence-electron chi connectivity index (χ0n) is 3.63. The lowest BCUT2D eigenvalue weighted by Crippen LogP contribution is -2.15. The highest BCUT2D eigenvalue weighted by atomic mass is 16.4. The molecule has 36 valence electrons. The minimum atomic E-state index is -0.144. The molecule has 0 saturated carbocycles. The third-order valence-electron chi connectivity index (χ3n) is 0.302. The predicted octanol–water partition coefficient (Wildman–Crippen LogP) is -0.206. The van der Waals surface area contributed by atoms with Crippen LogP contribution in [0, 0.1) is 0 Å². The molecular formula is C3H8N2O. The van der Waals surface area contributed by atoms with E-state index >= 15 is 0 Å². The highest BCUT2D eigenvalue weighted by Gasteiger charge is 1.79. The molecule has 0 spiro atoms. The molecule has 0 saturated heterocycles. The number of nitrogens with zero attached hydrogens (tertiary/aromatic N) is 1. The molecule has 0 radical (unpaired) electrons. The molecule has 0 aliphatic carbocycles. The first-order valence-corrected chi connectivity index (χ1v) is 1.70. The van der Waals surface area contributed by atoms with Crippen LogP contribution in [0.3, 0.4) is 0 Å². The van der Waals surface area contributed by atoms with Crippen molar-refractivity contribution in [3.8, 4) is 0 Å². The van der Waals surface area contributed by atoms with Crippen molar-refractivity contribution in [3.63, 3.8) is 0 Å². The fraction of sp³-hybridized carbons (Fsp3) is 0.667. The molecule has 0 heterocycles. The highest BCUT2D eigenvalue weighted by Crippen LogP contribution is 1.61. The van der Waals surface area contributed by atoms with Gasteiger partial charge in [0, 0.05) is 6.04 Å². The minimum Gasteiger partial charge on any atom is -0.411 e. The molecular weight excluding hydrogens is 80.0 g/mol. The van der Waals surface area contributed by atoms with Gasteiger partial charge < -0.3 is 10.9 Å².